The predicted octanol–water partition coefficient (Wildman–Crippen LogP) is 3.88. The minimum Gasteiger partial charge on any atom is -0.339 e. The largest absolute Gasteiger partial charge is 0.339 e. The lowest BCUT2D eigenvalue weighted by Crippen LogP contribution is -2.41. The van der Waals surface area contributed by atoms with E-state index in [4.69, 9.17) is 0 Å². The number of amides is 1. The van der Waals surface area contributed by atoms with Crippen LogP contribution in [0.4, 0.5) is 0 Å². The second-order valence-corrected chi connectivity index (χ2v) is 6.00. The summed E-state index contributed by atoms with van der Waals surface area (Å²) < 4.78 is 0. The fourth-order valence-corrected chi connectivity index (χ4v) is 3.19. The lowest BCUT2D eigenvalue weighted by molar-refractivity contribution is -0.138. The number of benzene rings is 1. The van der Waals surface area contributed by atoms with Crippen molar-refractivity contribution in [2.75, 3.05) is 6.54 Å². The van der Waals surface area contributed by atoms with E-state index in [9.17, 15) is 4.79 Å². The summed E-state index contributed by atoms with van der Waals surface area (Å²) in [5.41, 5.74) is 1.24. The van der Waals surface area contributed by atoms with Gasteiger partial charge in [0.25, 0.3) is 0 Å². The molecule has 1 aromatic rings. The Kier molecular flexibility index (Phi) is 4.19. The normalized spacial score (nSPS) is 23.2. The summed E-state index contributed by atoms with van der Waals surface area (Å²) >= 11 is 0. The van der Waals surface area contributed by atoms with Crippen molar-refractivity contribution < 1.29 is 4.79 Å². The Morgan fingerprint density at radius 2 is 1.95 bits per heavy atom. The third-order valence-corrected chi connectivity index (χ3v) is 4.63. The maximum absolute atomic E-state index is 12.4. The number of carbonyl (C=O) groups excluding carboxylic acids is 1. The number of hydrogen-bond acceptors (Lipinski definition) is 1. The van der Waals surface area contributed by atoms with Crippen molar-refractivity contribution in [2.45, 2.75) is 44.6 Å². The van der Waals surface area contributed by atoms with Crippen LogP contribution in [0.15, 0.2) is 36.4 Å². The van der Waals surface area contributed by atoms with E-state index >= 15 is 0 Å². The van der Waals surface area contributed by atoms with Crippen LogP contribution in [0.2, 0.25) is 0 Å². The topological polar surface area (TPSA) is 20.3 Å². The van der Waals surface area contributed by atoms with Crippen LogP contribution in [0.25, 0.3) is 6.08 Å². The zero-order chi connectivity index (χ0) is 13.8. The lowest BCUT2D eigenvalue weighted by Gasteiger charge is -2.32. The standard InChI is InChI=1S/C18H23NO/c20-18(16-10-5-11-16)19-14-6-13-17(19)12-4-9-15-7-2-1-3-8-15/h1-4,7-9,16-17H,5-6,10-14H2. The highest BCUT2D eigenvalue weighted by atomic mass is 16.2. The molecule has 0 N–H and O–H groups in total. The van der Waals surface area contributed by atoms with Gasteiger partial charge in [-0.25, -0.2) is 0 Å². The molecule has 0 spiro atoms. The molecule has 1 atom stereocenters. The summed E-state index contributed by atoms with van der Waals surface area (Å²) in [7, 11) is 0. The molecule has 2 fully saturated rings. The highest BCUT2D eigenvalue weighted by molar-refractivity contribution is 5.80. The fraction of sp³-hybridized carbons (Fsp3) is 0.500. The van der Waals surface area contributed by atoms with Gasteiger partial charge >= 0.3 is 0 Å². The average Bonchev–Trinajstić information content (AvgIpc) is 2.86. The number of carbonyl (C=O) groups is 1. The number of rotatable bonds is 4. The summed E-state index contributed by atoms with van der Waals surface area (Å²) in [5.74, 6) is 0.764. The van der Waals surface area contributed by atoms with Crippen molar-refractivity contribution in [1.82, 2.24) is 4.90 Å². The second kappa shape index (κ2) is 6.25. The monoisotopic (exact) mass is 269 g/mol. The van der Waals surface area contributed by atoms with Crippen molar-refractivity contribution in [1.29, 1.82) is 0 Å². The van der Waals surface area contributed by atoms with Crippen LogP contribution >= 0.6 is 0 Å². The zero-order valence-electron chi connectivity index (χ0n) is 12.0. The summed E-state index contributed by atoms with van der Waals surface area (Å²) in [6.07, 6.45) is 11.2. The molecule has 1 saturated carbocycles. The van der Waals surface area contributed by atoms with E-state index < -0.39 is 0 Å². The molecule has 3 rings (SSSR count). The molecule has 1 aliphatic carbocycles. The Bertz CT molecular complexity index is 475. The van der Waals surface area contributed by atoms with Crippen LogP contribution in [0.3, 0.4) is 0 Å². The van der Waals surface area contributed by atoms with Gasteiger partial charge in [-0.1, -0.05) is 48.9 Å². The van der Waals surface area contributed by atoms with E-state index in [1.54, 1.807) is 0 Å². The molecule has 0 aromatic heterocycles. The first-order valence-electron chi connectivity index (χ1n) is 7.86. The molecule has 1 heterocycles. The van der Waals surface area contributed by atoms with Crippen LogP contribution in [-0.4, -0.2) is 23.4 Å². The van der Waals surface area contributed by atoms with Gasteiger partial charge in [0.2, 0.25) is 5.91 Å². The third kappa shape index (κ3) is 2.95. The fourth-order valence-electron chi connectivity index (χ4n) is 3.19. The molecule has 106 valence electrons. The van der Waals surface area contributed by atoms with Crippen molar-refractivity contribution in [3.05, 3.63) is 42.0 Å². The summed E-state index contributed by atoms with van der Waals surface area (Å²) in [4.78, 5) is 14.5. The molecule has 0 bridgehead atoms. The van der Waals surface area contributed by atoms with Crippen LogP contribution in [0, 0.1) is 5.92 Å². The Hall–Kier alpha value is -1.57. The Morgan fingerprint density at radius 3 is 2.65 bits per heavy atom. The summed E-state index contributed by atoms with van der Waals surface area (Å²) in [6, 6.07) is 10.8. The van der Waals surface area contributed by atoms with E-state index in [1.165, 1.54) is 18.4 Å². The quantitative estimate of drug-likeness (QED) is 0.812. The molecule has 2 aliphatic rings. The molecule has 1 amide bonds. The molecule has 2 nitrogen and oxygen atoms in total. The van der Waals surface area contributed by atoms with Gasteiger partial charge in [-0.15, -0.1) is 0 Å². The van der Waals surface area contributed by atoms with E-state index in [0.717, 1.165) is 32.2 Å². The van der Waals surface area contributed by atoms with Gasteiger partial charge in [-0.3, -0.25) is 4.79 Å². The SMILES string of the molecule is O=C(C1CCC1)N1CCCC1CC=Cc1ccccc1. The van der Waals surface area contributed by atoms with Gasteiger partial charge in [0.15, 0.2) is 0 Å². The van der Waals surface area contributed by atoms with Gasteiger partial charge in [0.05, 0.1) is 0 Å². The van der Waals surface area contributed by atoms with E-state index in [0.29, 0.717) is 17.9 Å². The number of nitrogens with zero attached hydrogens (tertiary/aromatic N) is 1. The first kappa shape index (κ1) is 13.4. The number of likely N-dealkylation sites (tertiary alicyclic amines) is 1. The maximum atomic E-state index is 12.4. The van der Waals surface area contributed by atoms with Gasteiger partial charge in [-0.2, -0.15) is 0 Å². The highest BCUT2D eigenvalue weighted by Gasteiger charge is 2.34. The first-order chi connectivity index (χ1) is 9.84. The van der Waals surface area contributed by atoms with Gasteiger partial charge in [0, 0.05) is 18.5 Å². The molecule has 1 saturated heterocycles. The smallest absolute Gasteiger partial charge is 0.225 e. The van der Waals surface area contributed by atoms with E-state index in [1.807, 2.05) is 6.07 Å². The van der Waals surface area contributed by atoms with Crippen LogP contribution < -0.4 is 0 Å². The summed E-state index contributed by atoms with van der Waals surface area (Å²) in [5, 5.41) is 0. The Morgan fingerprint density at radius 1 is 1.15 bits per heavy atom. The van der Waals surface area contributed by atoms with Crippen LogP contribution in [0.5, 0.6) is 0 Å². The van der Waals surface area contributed by atoms with Crippen LogP contribution in [0.1, 0.15) is 44.1 Å². The predicted molar refractivity (Wildman–Crippen MR) is 82.2 cm³/mol. The molecule has 20 heavy (non-hydrogen) atoms. The minimum absolute atomic E-state index is 0.341. The van der Waals surface area contributed by atoms with Gasteiger partial charge < -0.3 is 4.90 Å². The summed E-state index contributed by atoms with van der Waals surface area (Å²) in [6.45, 7) is 0.971. The Labute approximate surface area is 121 Å². The molecule has 1 unspecified atom stereocenters. The third-order valence-electron chi connectivity index (χ3n) is 4.63. The number of hydrogen-bond donors (Lipinski definition) is 0. The lowest BCUT2D eigenvalue weighted by atomic mass is 9.84. The second-order valence-electron chi connectivity index (χ2n) is 6.00. The van der Waals surface area contributed by atoms with Crippen molar-refractivity contribution in [3.8, 4) is 0 Å². The van der Waals surface area contributed by atoms with Crippen LogP contribution in [-0.2, 0) is 4.79 Å². The van der Waals surface area contributed by atoms with Crippen molar-refractivity contribution in [3.63, 3.8) is 0 Å². The van der Waals surface area contributed by atoms with E-state index in [-0.39, 0.29) is 0 Å². The van der Waals surface area contributed by atoms with Gasteiger partial charge in [0.1, 0.15) is 0 Å². The molecule has 1 aliphatic heterocycles. The highest BCUT2D eigenvalue weighted by Crippen LogP contribution is 2.32. The molecule has 1 aromatic carbocycles. The Balaban J connectivity index is 1.56. The van der Waals surface area contributed by atoms with Crippen molar-refractivity contribution in [2.24, 2.45) is 5.92 Å². The molecular weight excluding hydrogens is 246 g/mol. The maximum Gasteiger partial charge on any atom is 0.225 e. The zero-order valence-corrected chi connectivity index (χ0v) is 12.0. The molecule has 0 radical (unpaired) electrons. The van der Waals surface area contributed by atoms with E-state index in [2.05, 4.69) is 41.3 Å². The first-order valence-corrected chi connectivity index (χ1v) is 7.86. The minimum atomic E-state index is 0.341. The molecular formula is C18H23NO. The average molecular weight is 269 g/mol. The molecule has 2 heteroatoms. The van der Waals surface area contributed by atoms with Gasteiger partial charge in [-0.05, 0) is 37.7 Å². The van der Waals surface area contributed by atoms with Crippen molar-refractivity contribution >= 4 is 12.0 Å².